The molecule has 0 spiro atoms. The molecule has 2 rings (SSSR count). The van der Waals surface area contributed by atoms with Crippen molar-refractivity contribution in [1.29, 1.82) is 0 Å². The summed E-state index contributed by atoms with van der Waals surface area (Å²) in [5.74, 6) is 0.537. The summed E-state index contributed by atoms with van der Waals surface area (Å²) in [4.78, 5) is 18.2. The number of nitrogens with zero attached hydrogens (tertiary/aromatic N) is 3. The molecule has 0 atom stereocenters. The van der Waals surface area contributed by atoms with Crippen LogP contribution in [0.5, 0.6) is 0 Å². The highest BCUT2D eigenvalue weighted by molar-refractivity contribution is 5.89. The van der Waals surface area contributed by atoms with Crippen LogP contribution in [0.15, 0.2) is 24.3 Å². The molecule has 2 aromatic rings. The lowest BCUT2D eigenvalue weighted by Crippen LogP contribution is -2.27. The number of anilines is 1. The van der Waals surface area contributed by atoms with E-state index >= 15 is 0 Å². The van der Waals surface area contributed by atoms with E-state index in [1.807, 2.05) is 24.3 Å². The zero-order valence-corrected chi connectivity index (χ0v) is 12.4. The van der Waals surface area contributed by atoms with Crippen LogP contribution in [0.1, 0.15) is 20.8 Å². The summed E-state index contributed by atoms with van der Waals surface area (Å²) in [5, 5.41) is 2.82. The number of amides is 1. The van der Waals surface area contributed by atoms with Crippen LogP contribution in [0.3, 0.4) is 0 Å². The molecule has 0 saturated heterocycles. The van der Waals surface area contributed by atoms with E-state index in [2.05, 4.69) is 33.6 Å². The Balaban J connectivity index is 2.30. The second-order valence-electron chi connectivity index (χ2n) is 4.78. The average Bonchev–Trinajstić information content (AvgIpc) is 2.77. The Hall–Kier alpha value is -1.88. The third-order valence-corrected chi connectivity index (χ3v) is 3.48. The fraction of sp³-hybridized carbons (Fsp3) is 0.467. The molecule has 0 radical (unpaired) electrons. The Morgan fingerprint density at radius 2 is 2.00 bits per heavy atom. The molecule has 0 aliphatic heterocycles. The summed E-state index contributed by atoms with van der Waals surface area (Å²) in [6, 6.07) is 7.96. The van der Waals surface area contributed by atoms with Gasteiger partial charge in [0.15, 0.2) is 0 Å². The van der Waals surface area contributed by atoms with Crippen molar-refractivity contribution in [3.8, 4) is 0 Å². The maximum atomic E-state index is 11.3. The summed E-state index contributed by atoms with van der Waals surface area (Å²) >= 11 is 0. The normalized spacial score (nSPS) is 11.2. The first-order chi connectivity index (χ1) is 9.65. The number of carbonyl (C=O) groups is 1. The zero-order valence-electron chi connectivity index (χ0n) is 12.4. The van der Waals surface area contributed by atoms with Gasteiger partial charge in [-0.05, 0) is 25.2 Å². The molecule has 0 bridgehead atoms. The molecule has 0 saturated carbocycles. The number of likely N-dealkylation sites (N-methyl/N-ethyl adjacent to an activating group) is 1. The molecule has 0 unspecified atom stereocenters. The van der Waals surface area contributed by atoms with Crippen molar-refractivity contribution in [3.63, 3.8) is 0 Å². The molecule has 108 valence electrons. The van der Waals surface area contributed by atoms with Crippen molar-refractivity contribution in [3.05, 3.63) is 24.3 Å². The van der Waals surface area contributed by atoms with Crippen LogP contribution >= 0.6 is 0 Å². The standard InChI is InChI=1S/C15H22N4O/c1-4-18(5-2)10-11-19-14-9-7-6-8-13(14)17-15(19)16-12(3)20/h6-9H,4-5,10-11H2,1-3H3,(H,16,17,20). The molecule has 5 nitrogen and oxygen atoms in total. The number of benzene rings is 1. The lowest BCUT2D eigenvalue weighted by atomic mass is 10.3. The first kappa shape index (κ1) is 14.5. The van der Waals surface area contributed by atoms with Gasteiger partial charge >= 0.3 is 0 Å². The van der Waals surface area contributed by atoms with Crippen molar-refractivity contribution in [1.82, 2.24) is 14.5 Å². The predicted octanol–water partition coefficient (Wildman–Crippen LogP) is 2.34. The number of fused-ring (bicyclic) bond motifs is 1. The van der Waals surface area contributed by atoms with E-state index in [1.165, 1.54) is 6.92 Å². The number of aromatic nitrogens is 2. The van der Waals surface area contributed by atoms with Gasteiger partial charge in [0.25, 0.3) is 0 Å². The van der Waals surface area contributed by atoms with Crippen LogP contribution in [0.2, 0.25) is 0 Å². The lowest BCUT2D eigenvalue weighted by molar-refractivity contribution is -0.114. The second kappa shape index (κ2) is 6.52. The van der Waals surface area contributed by atoms with Crippen LogP contribution in [0.25, 0.3) is 11.0 Å². The quantitative estimate of drug-likeness (QED) is 0.879. The molecule has 1 amide bonds. The van der Waals surface area contributed by atoms with Crippen molar-refractivity contribution in [2.45, 2.75) is 27.3 Å². The molecular weight excluding hydrogens is 252 g/mol. The van der Waals surface area contributed by atoms with E-state index in [9.17, 15) is 4.79 Å². The first-order valence-electron chi connectivity index (χ1n) is 7.11. The number of para-hydroxylation sites is 2. The van der Waals surface area contributed by atoms with E-state index in [4.69, 9.17) is 0 Å². The number of rotatable bonds is 6. The fourth-order valence-electron chi connectivity index (χ4n) is 2.34. The van der Waals surface area contributed by atoms with Gasteiger partial charge in [0.2, 0.25) is 11.9 Å². The van der Waals surface area contributed by atoms with Crippen LogP contribution in [-0.2, 0) is 11.3 Å². The van der Waals surface area contributed by atoms with E-state index < -0.39 is 0 Å². The van der Waals surface area contributed by atoms with Crippen molar-refractivity contribution in [2.75, 3.05) is 25.0 Å². The summed E-state index contributed by atoms with van der Waals surface area (Å²) in [5.41, 5.74) is 1.97. The lowest BCUT2D eigenvalue weighted by Gasteiger charge is -2.19. The summed E-state index contributed by atoms with van der Waals surface area (Å²) in [7, 11) is 0. The smallest absolute Gasteiger partial charge is 0.223 e. The average molecular weight is 274 g/mol. The van der Waals surface area contributed by atoms with Crippen molar-refractivity contribution in [2.24, 2.45) is 0 Å². The highest BCUT2D eigenvalue weighted by atomic mass is 16.1. The molecule has 1 heterocycles. The van der Waals surface area contributed by atoms with Gasteiger partial charge in [0.05, 0.1) is 11.0 Å². The maximum absolute atomic E-state index is 11.3. The molecular formula is C15H22N4O. The molecule has 0 fully saturated rings. The Bertz CT molecular complexity index is 587. The molecule has 1 N–H and O–H groups in total. The number of nitrogens with one attached hydrogen (secondary N) is 1. The highest BCUT2D eigenvalue weighted by Gasteiger charge is 2.12. The van der Waals surface area contributed by atoms with Gasteiger partial charge in [-0.3, -0.25) is 10.1 Å². The molecule has 1 aromatic carbocycles. The Morgan fingerprint density at radius 1 is 1.30 bits per heavy atom. The van der Waals surface area contributed by atoms with Crippen LogP contribution < -0.4 is 5.32 Å². The fourth-order valence-corrected chi connectivity index (χ4v) is 2.34. The van der Waals surface area contributed by atoms with Crippen LogP contribution in [0, 0.1) is 0 Å². The Morgan fingerprint density at radius 3 is 2.65 bits per heavy atom. The minimum atomic E-state index is -0.0932. The first-order valence-corrected chi connectivity index (χ1v) is 7.11. The van der Waals surface area contributed by atoms with Gasteiger partial charge in [0, 0.05) is 20.0 Å². The summed E-state index contributed by atoms with van der Waals surface area (Å²) < 4.78 is 2.08. The van der Waals surface area contributed by atoms with Crippen LogP contribution in [0.4, 0.5) is 5.95 Å². The minimum Gasteiger partial charge on any atom is -0.309 e. The molecule has 0 aliphatic carbocycles. The summed E-state index contributed by atoms with van der Waals surface area (Å²) in [6.45, 7) is 9.64. The highest BCUT2D eigenvalue weighted by Crippen LogP contribution is 2.19. The van der Waals surface area contributed by atoms with E-state index in [1.54, 1.807) is 0 Å². The summed E-state index contributed by atoms with van der Waals surface area (Å²) in [6.07, 6.45) is 0. The van der Waals surface area contributed by atoms with Crippen molar-refractivity contribution < 1.29 is 4.79 Å². The monoisotopic (exact) mass is 274 g/mol. The van der Waals surface area contributed by atoms with Crippen LogP contribution in [-0.4, -0.2) is 40.0 Å². The molecule has 5 heteroatoms. The molecule has 1 aromatic heterocycles. The largest absolute Gasteiger partial charge is 0.309 e. The Labute approximate surface area is 119 Å². The van der Waals surface area contributed by atoms with Gasteiger partial charge in [-0.1, -0.05) is 26.0 Å². The third kappa shape index (κ3) is 3.17. The molecule has 0 aliphatic rings. The molecule has 20 heavy (non-hydrogen) atoms. The van der Waals surface area contributed by atoms with E-state index in [0.29, 0.717) is 5.95 Å². The number of hydrogen-bond acceptors (Lipinski definition) is 3. The predicted molar refractivity (Wildman–Crippen MR) is 81.8 cm³/mol. The van der Waals surface area contributed by atoms with Gasteiger partial charge in [0.1, 0.15) is 0 Å². The van der Waals surface area contributed by atoms with Gasteiger partial charge in [-0.2, -0.15) is 0 Å². The Kier molecular flexibility index (Phi) is 4.74. The second-order valence-corrected chi connectivity index (χ2v) is 4.78. The number of carbonyl (C=O) groups excluding carboxylic acids is 1. The van der Waals surface area contributed by atoms with E-state index in [0.717, 1.165) is 37.2 Å². The van der Waals surface area contributed by atoms with Gasteiger partial charge in [-0.15, -0.1) is 0 Å². The SMILES string of the molecule is CCN(CC)CCn1c(NC(C)=O)nc2ccccc21. The van der Waals surface area contributed by atoms with Gasteiger partial charge < -0.3 is 9.47 Å². The minimum absolute atomic E-state index is 0.0932. The number of hydrogen-bond donors (Lipinski definition) is 1. The zero-order chi connectivity index (χ0) is 14.5. The van der Waals surface area contributed by atoms with Gasteiger partial charge in [-0.25, -0.2) is 4.98 Å². The third-order valence-electron chi connectivity index (χ3n) is 3.48. The number of imidazole rings is 1. The maximum Gasteiger partial charge on any atom is 0.223 e. The van der Waals surface area contributed by atoms with E-state index in [-0.39, 0.29) is 5.91 Å². The topological polar surface area (TPSA) is 50.2 Å². The van der Waals surface area contributed by atoms with Crippen molar-refractivity contribution >= 4 is 22.9 Å².